The van der Waals surface area contributed by atoms with E-state index < -0.39 is 0 Å². The Labute approximate surface area is 112 Å². The predicted molar refractivity (Wildman–Crippen MR) is 70.6 cm³/mol. The minimum Gasteiger partial charge on any atom is -0.452 e. The van der Waals surface area contributed by atoms with Crippen LogP contribution in [0.25, 0.3) is 0 Å². The summed E-state index contributed by atoms with van der Waals surface area (Å²) >= 11 is 9.11. The SMILES string of the molecule is Cc1ccc(NC(=O)c2ccoc2Cl)c(Br)c1. The van der Waals surface area contributed by atoms with Crippen LogP contribution in [0.3, 0.4) is 0 Å². The minimum absolute atomic E-state index is 0.0886. The van der Waals surface area contributed by atoms with Gasteiger partial charge in [-0.05, 0) is 58.2 Å². The molecule has 0 spiro atoms. The zero-order valence-corrected chi connectivity index (χ0v) is 11.3. The number of anilines is 1. The highest BCUT2D eigenvalue weighted by Gasteiger charge is 2.14. The molecule has 0 saturated carbocycles. The molecule has 2 rings (SSSR count). The molecule has 2 aromatic rings. The fraction of sp³-hybridized carbons (Fsp3) is 0.0833. The molecule has 1 amide bonds. The average molecular weight is 315 g/mol. The summed E-state index contributed by atoms with van der Waals surface area (Å²) in [5, 5.41) is 2.84. The third-order valence-corrected chi connectivity index (χ3v) is 3.18. The summed E-state index contributed by atoms with van der Waals surface area (Å²) in [4.78, 5) is 11.9. The number of hydrogen-bond donors (Lipinski definition) is 1. The van der Waals surface area contributed by atoms with E-state index in [1.165, 1.54) is 12.3 Å². The number of furan rings is 1. The molecule has 0 aliphatic rings. The van der Waals surface area contributed by atoms with Crippen LogP contribution in [0.4, 0.5) is 5.69 Å². The van der Waals surface area contributed by atoms with Gasteiger partial charge in [-0.1, -0.05) is 6.07 Å². The Kier molecular flexibility index (Phi) is 3.54. The zero-order chi connectivity index (χ0) is 12.4. The van der Waals surface area contributed by atoms with Gasteiger partial charge in [-0.2, -0.15) is 0 Å². The predicted octanol–water partition coefficient (Wildman–Crippen LogP) is 4.26. The highest BCUT2D eigenvalue weighted by molar-refractivity contribution is 9.10. The first-order chi connectivity index (χ1) is 8.08. The minimum atomic E-state index is -0.298. The first-order valence-electron chi connectivity index (χ1n) is 4.88. The van der Waals surface area contributed by atoms with Crippen molar-refractivity contribution >= 4 is 39.1 Å². The van der Waals surface area contributed by atoms with Gasteiger partial charge in [-0.3, -0.25) is 4.79 Å². The number of rotatable bonds is 2. The van der Waals surface area contributed by atoms with E-state index in [0.29, 0.717) is 11.3 Å². The topological polar surface area (TPSA) is 42.2 Å². The van der Waals surface area contributed by atoms with E-state index in [0.717, 1.165) is 10.0 Å². The van der Waals surface area contributed by atoms with Crippen molar-refractivity contribution in [3.8, 4) is 0 Å². The van der Waals surface area contributed by atoms with E-state index in [1.54, 1.807) is 0 Å². The molecule has 17 heavy (non-hydrogen) atoms. The molecule has 1 heterocycles. The number of amides is 1. The summed E-state index contributed by atoms with van der Waals surface area (Å²) in [7, 11) is 0. The second kappa shape index (κ2) is 4.94. The second-order valence-corrected chi connectivity index (χ2v) is 4.74. The van der Waals surface area contributed by atoms with Gasteiger partial charge in [0.25, 0.3) is 5.91 Å². The first-order valence-corrected chi connectivity index (χ1v) is 6.05. The quantitative estimate of drug-likeness (QED) is 0.900. The van der Waals surface area contributed by atoms with Gasteiger partial charge in [-0.15, -0.1) is 0 Å². The molecule has 5 heteroatoms. The van der Waals surface area contributed by atoms with Gasteiger partial charge in [-0.25, -0.2) is 0 Å². The number of nitrogens with one attached hydrogen (secondary N) is 1. The van der Waals surface area contributed by atoms with E-state index in [9.17, 15) is 4.79 Å². The molecular weight excluding hydrogens is 305 g/mol. The molecule has 0 atom stereocenters. The van der Waals surface area contributed by atoms with Crippen molar-refractivity contribution in [1.82, 2.24) is 0 Å². The Bertz CT molecular complexity index is 565. The fourth-order valence-corrected chi connectivity index (χ4v) is 2.16. The van der Waals surface area contributed by atoms with E-state index in [2.05, 4.69) is 21.2 Å². The summed E-state index contributed by atoms with van der Waals surface area (Å²) in [6, 6.07) is 7.19. The molecule has 0 radical (unpaired) electrons. The summed E-state index contributed by atoms with van der Waals surface area (Å²) < 4.78 is 5.69. The molecule has 0 unspecified atom stereocenters. The van der Waals surface area contributed by atoms with Crippen molar-refractivity contribution in [2.75, 3.05) is 5.32 Å². The zero-order valence-electron chi connectivity index (χ0n) is 8.96. The van der Waals surface area contributed by atoms with Crippen molar-refractivity contribution in [3.63, 3.8) is 0 Å². The van der Waals surface area contributed by atoms with Crippen LogP contribution in [-0.2, 0) is 0 Å². The molecule has 0 aliphatic heterocycles. The van der Waals surface area contributed by atoms with Gasteiger partial charge in [0.1, 0.15) is 0 Å². The lowest BCUT2D eigenvalue weighted by Crippen LogP contribution is -2.11. The van der Waals surface area contributed by atoms with Gasteiger partial charge in [0.05, 0.1) is 17.5 Å². The van der Waals surface area contributed by atoms with Crippen molar-refractivity contribution in [3.05, 3.63) is 51.3 Å². The largest absolute Gasteiger partial charge is 0.452 e. The summed E-state index contributed by atoms with van der Waals surface area (Å²) in [5.74, 6) is -0.298. The highest BCUT2D eigenvalue weighted by atomic mass is 79.9. The fourth-order valence-electron chi connectivity index (χ4n) is 1.37. The number of hydrogen-bond acceptors (Lipinski definition) is 2. The second-order valence-electron chi connectivity index (χ2n) is 3.55. The molecule has 0 fully saturated rings. The van der Waals surface area contributed by atoms with Crippen LogP contribution in [0, 0.1) is 6.92 Å². The van der Waals surface area contributed by atoms with Crippen molar-refractivity contribution in [1.29, 1.82) is 0 Å². The number of carbonyl (C=O) groups is 1. The Morgan fingerprint density at radius 1 is 1.41 bits per heavy atom. The number of halogens is 2. The normalized spacial score (nSPS) is 10.3. The van der Waals surface area contributed by atoms with E-state index in [4.69, 9.17) is 16.0 Å². The lowest BCUT2D eigenvalue weighted by Gasteiger charge is -2.07. The monoisotopic (exact) mass is 313 g/mol. The van der Waals surface area contributed by atoms with Crippen molar-refractivity contribution in [2.45, 2.75) is 6.92 Å². The van der Waals surface area contributed by atoms with Crippen LogP contribution in [0.5, 0.6) is 0 Å². The molecule has 0 bridgehead atoms. The van der Waals surface area contributed by atoms with Crippen molar-refractivity contribution < 1.29 is 9.21 Å². The molecular formula is C12H9BrClNO2. The number of benzene rings is 1. The summed E-state index contributed by atoms with van der Waals surface area (Å²) in [5.41, 5.74) is 2.12. The maximum Gasteiger partial charge on any atom is 0.260 e. The molecule has 0 saturated heterocycles. The van der Waals surface area contributed by atoms with E-state index in [-0.39, 0.29) is 11.1 Å². The van der Waals surface area contributed by atoms with E-state index in [1.807, 2.05) is 25.1 Å². The molecule has 1 aromatic heterocycles. The maximum atomic E-state index is 11.9. The van der Waals surface area contributed by atoms with Crippen LogP contribution in [-0.4, -0.2) is 5.91 Å². The number of carbonyl (C=O) groups excluding carboxylic acids is 1. The lowest BCUT2D eigenvalue weighted by atomic mass is 10.2. The molecule has 1 N–H and O–H groups in total. The highest BCUT2D eigenvalue weighted by Crippen LogP contribution is 2.25. The maximum absolute atomic E-state index is 11.9. The Morgan fingerprint density at radius 2 is 2.18 bits per heavy atom. The van der Waals surface area contributed by atoms with Gasteiger partial charge >= 0.3 is 0 Å². The average Bonchev–Trinajstić information content (AvgIpc) is 2.68. The van der Waals surface area contributed by atoms with E-state index >= 15 is 0 Å². The Morgan fingerprint density at radius 3 is 2.76 bits per heavy atom. The lowest BCUT2D eigenvalue weighted by molar-refractivity contribution is 0.102. The first kappa shape index (κ1) is 12.2. The third kappa shape index (κ3) is 2.70. The van der Waals surface area contributed by atoms with Crippen LogP contribution in [0.15, 0.2) is 39.4 Å². The Balaban J connectivity index is 2.22. The molecule has 88 valence electrons. The smallest absolute Gasteiger partial charge is 0.260 e. The van der Waals surface area contributed by atoms with Gasteiger partial charge in [0.15, 0.2) is 0 Å². The number of aryl methyl sites for hydroxylation is 1. The molecule has 1 aromatic carbocycles. The molecule has 0 aliphatic carbocycles. The van der Waals surface area contributed by atoms with Gasteiger partial charge < -0.3 is 9.73 Å². The van der Waals surface area contributed by atoms with Crippen molar-refractivity contribution in [2.24, 2.45) is 0 Å². The van der Waals surface area contributed by atoms with Gasteiger partial charge in [0.2, 0.25) is 5.22 Å². The van der Waals surface area contributed by atoms with Crippen LogP contribution in [0.2, 0.25) is 5.22 Å². The van der Waals surface area contributed by atoms with Crippen LogP contribution >= 0.6 is 27.5 Å². The Hall–Kier alpha value is -1.26. The molecule has 3 nitrogen and oxygen atoms in total. The van der Waals surface area contributed by atoms with Gasteiger partial charge in [0, 0.05) is 4.47 Å². The van der Waals surface area contributed by atoms with Crippen LogP contribution in [0.1, 0.15) is 15.9 Å². The standard InChI is InChI=1S/C12H9BrClNO2/c1-7-2-3-10(9(13)6-7)15-12(16)8-4-5-17-11(8)14/h2-6H,1H3,(H,15,16). The third-order valence-electron chi connectivity index (χ3n) is 2.24. The van der Waals surface area contributed by atoms with Crippen LogP contribution < -0.4 is 5.32 Å². The summed E-state index contributed by atoms with van der Waals surface area (Å²) in [6.07, 6.45) is 1.38. The summed E-state index contributed by atoms with van der Waals surface area (Å²) in [6.45, 7) is 1.98.